The molecule has 1 aliphatic rings. The Hall–Kier alpha value is -1.25. The van der Waals surface area contributed by atoms with Crippen LogP contribution >= 0.6 is 0 Å². The van der Waals surface area contributed by atoms with Crippen LogP contribution in [0.5, 0.6) is 5.75 Å². The van der Waals surface area contributed by atoms with E-state index < -0.39 is 0 Å². The molecule has 2 heterocycles. The van der Waals surface area contributed by atoms with Gasteiger partial charge in [0.05, 0.1) is 6.54 Å². The maximum absolute atomic E-state index is 5.59. The number of anilines is 1. The fourth-order valence-corrected chi connectivity index (χ4v) is 1.52. The van der Waals surface area contributed by atoms with Crippen molar-refractivity contribution in [1.29, 1.82) is 0 Å². The summed E-state index contributed by atoms with van der Waals surface area (Å²) < 4.78 is 5.59. The number of nitrogens with zero attached hydrogens (tertiary/aromatic N) is 1. The minimum atomic E-state index is 0.483. The smallest absolute Gasteiger partial charge is 0.169 e. The molecule has 0 amide bonds. The molecule has 0 saturated heterocycles. The molecular formula is C10H14N2O. The predicted molar refractivity (Wildman–Crippen MR) is 52.3 cm³/mol. The fraction of sp³-hybridized carbons (Fsp3) is 0.500. The normalized spacial score (nSPS) is 14.7. The van der Waals surface area contributed by atoms with E-state index in [-0.39, 0.29) is 0 Å². The van der Waals surface area contributed by atoms with Gasteiger partial charge in [-0.25, -0.2) is 4.98 Å². The summed E-state index contributed by atoms with van der Waals surface area (Å²) in [6.45, 7) is 5.90. The molecule has 0 radical (unpaired) electrons. The molecule has 70 valence electrons. The zero-order valence-electron chi connectivity index (χ0n) is 8.00. The molecule has 2 rings (SSSR count). The van der Waals surface area contributed by atoms with Crippen LogP contribution in [0.1, 0.15) is 25.3 Å². The van der Waals surface area contributed by atoms with E-state index in [1.807, 2.05) is 12.3 Å². The molecule has 0 aliphatic carbocycles. The number of fused-ring (bicyclic) bond motifs is 1. The first-order valence-electron chi connectivity index (χ1n) is 4.64. The lowest BCUT2D eigenvalue weighted by atomic mass is 10.0. The van der Waals surface area contributed by atoms with Crippen molar-refractivity contribution in [3.05, 3.63) is 17.8 Å². The van der Waals surface area contributed by atoms with Crippen molar-refractivity contribution in [3.63, 3.8) is 0 Å². The lowest BCUT2D eigenvalue weighted by molar-refractivity contribution is 0.316. The summed E-state index contributed by atoms with van der Waals surface area (Å²) in [6.07, 6.45) is 1.83. The molecule has 1 aromatic rings. The van der Waals surface area contributed by atoms with E-state index >= 15 is 0 Å². The second-order valence-corrected chi connectivity index (χ2v) is 3.51. The van der Waals surface area contributed by atoms with Gasteiger partial charge in [-0.15, -0.1) is 0 Å². The summed E-state index contributed by atoms with van der Waals surface area (Å²) in [5, 5.41) is 3.22. The highest BCUT2D eigenvalue weighted by Gasteiger charge is 2.16. The number of hydrogen-bond donors (Lipinski definition) is 1. The van der Waals surface area contributed by atoms with E-state index in [1.165, 1.54) is 5.56 Å². The number of ether oxygens (including phenoxy) is 1. The molecular weight excluding hydrogens is 164 g/mol. The first-order chi connectivity index (χ1) is 6.29. The molecule has 0 saturated carbocycles. The van der Waals surface area contributed by atoms with Crippen molar-refractivity contribution >= 4 is 5.82 Å². The number of aromatic nitrogens is 1. The highest BCUT2D eigenvalue weighted by atomic mass is 16.5. The van der Waals surface area contributed by atoms with Gasteiger partial charge in [0.25, 0.3) is 0 Å². The van der Waals surface area contributed by atoms with E-state index in [0.717, 1.165) is 24.7 Å². The predicted octanol–water partition coefficient (Wildman–Crippen LogP) is 2.01. The second kappa shape index (κ2) is 3.24. The second-order valence-electron chi connectivity index (χ2n) is 3.51. The summed E-state index contributed by atoms with van der Waals surface area (Å²) in [4.78, 5) is 4.23. The Morgan fingerprint density at radius 2 is 2.38 bits per heavy atom. The van der Waals surface area contributed by atoms with Gasteiger partial charge in [-0.05, 0) is 12.0 Å². The lowest BCUT2D eigenvalue weighted by Gasteiger charge is -2.21. The van der Waals surface area contributed by atoms with Gasteiger partial charge in [-0.3, -0.25) is 0 Å². The number of nitrogens with one attached hydrogen (secondary N) is 1. The summed E-state index contributed by atoms with van der Waals surface area (Å²) in [5.41, 5.74) is 1.23. The lowest BCUT2D eigenvalue weighted by Crippen LogP contribution is -2.20. The molecule has 0 spiro atoms. The summed E-state index contributed by atoms with van der Waals surface area (Å²) in [6, 6.07) is 2.02. The number of rotatable bonds is 1. The molecule has 1 aliphatic heterocycles. The van der Waals surface area contributed by atoms with Crippen LogP contribution in [0.25, 0.3) is 0 Å². The Morgan fingerprint density at radius 1 is 1.54 bits per heavy atom. The molecule has 3 heteroatoms. The topological polar surface area (TPSA) is 34.1 Å². The van der Waals surface area contributed by atoms with Gasteiger partial charge in [0.15, 0.2) is 11.6 Å². The standard InChI is InChI=1S/C10H14N2O/c1-7(2)8-3-4-11-10-9(8)13-6-5-12-10/h3-4,7H,5-6H2,1-2H3,(H,11,12). The molecule has 1 N–H and O–H groups in total. The van der Waals surface area contributed by atoms with E-state index in [2.05, 4.69) is 24.1 Å². The van der Waals surface area contributed by atoms with Crippen molar-refractivity contribution < 1.29 is 4.74 Å². The van der Waals surface area contributed by atoms with Gasteiger partial charge in [0.1, 0.15) is 6.61 Å². The maximum Gasteiger partial charge on any atom is 0.169 e. The van der Waals surface area contributed by atoms with Crippen LogP contribution in [0.4, 0.5) is 5.82 Å². The van der Waals surface area contributed by atoms with Gasteiger partial charge in [0, 0.05) is 11.8 Å². The molecule has 13 heavy (non-hydrogen) atoms. The van der Waals surface area contributed by atoms with Crippen molar-refractivity contribution in [2.45, 2.75) is 19.8 Å². The van der Waals surface area contributed by atoms with Crippen LogP contribution in [0, 0.1) is 0 Å². The van der Waals surface area contributed by atoms with Crippen LogP contribution in [0.2, 0.25) is 0 Å². The fourth-order valence-electron chi connectivity index (χ4n) is 1.52. The summed E-state index contributed by atoms with van der Waals surface area (Å²) in [7, 11) is 0. The highest BCUT2D eigenvalue weighted by Crippen LogP contribution is 2.33. The molecule has 0 atom stereocenters. The molecule has 0 unspecified atom stereocenters. The van der Waals surface area contributed by atoms with Gasteiger partial charge >= 0.3 is 0 Å². The Bertz CT molecular complexity index is 310. The van der Waals surface area contributed by atoms with Crippen molar-refractivity contribution in [2.24, 2.45) is 0 Å². The third-order valence-corrected chi connectivity index (χ3v) is 2.20. The van der Waals surface area contributed by atoms with Crippen LogP contribution in [0.3, 0.4) is 0 Å². The van der Waals surface area contributed by atoms with Gasteiger partial charge in [0.2, 0.25) is 0 Å². The van der Waals surface area contributed by atoms with E-state index in [0.29, 0.717) is 5.92 Å². The third kappa shape index (κ3) is 1.46. The van der Waals surface area contributed by atoms with Crippen LogP contribution in [-0.2, 0) is 0 Å². The Labute approximate surface area is 78.1 Å². The van der Waals surface area contributed by atoms with E-state index in [4.69, 9.17) is 4.74 Å². The van der Waals surface area contributed by atoms with Gasteiger partial charge < -0.3 is 10.1 Å². The minimum Gasteiger partial charge on any atom is -0.488 e. The van der Waals surface area contributed by atoms with Crippen LogP contribution < -0.4 is 10.1 Å². The molecule has 1 aromatic heterocycles. The zero-order chi connectivity index (χ0) is 9.26. The number of pyridine rings is 1. The van der Waals surface area contributed by atoms with E-state index in [1.54, 1.807) is 0 Å². The average Bonchev–Trinajstić information content (AvgIpc) is 2.17. The molecule has 0 bridgehead atoms. The van der Waals surface area contributed by atoms with Crippen LogP contribution in [-0.4, -0.2) is 18.1 Å². The molecule has 3 nitrogen and oxygen atoms in total. The SMILES string of the molecule is CC(C)c1ccnc2c1OCCN2. The monoisotopic (exact) mass is 178 g/mol. The minimum absolute atomic E-state index is 0.483. The van der Waals surface area contributed by atoms with Gasteiger partial charge in [-0.1, -0.05) is 13.8 Å². The van der Waals surface area contributed by atoms with Crippen LogP contribution in [0.15, 0.2) is 12.3 Å². The Morgan fingerprint density at radius 3 is 3.15 bits per heavy atom. The molecule has 0 fully saturated rings. The summed E-state index contributed by atoms with van der Waals surface area (Å²) in [5.74, 6) is 2.30. The maximum atomic E-state index is 5.59. The Balaban J connectivity index is 2.46. The largest absolute Gasteiger partial charge is 0.488 e. The summed E-state index contributed by atoms with van der Waals surface area (Å²) >= 11 is 0. The third-order valence-electron chi connectivity index (χ3n) is 2.20. The van der Waals surface area contributed by atoms with E-state index in [9.17, 15) is 0 Å². The van der Waals surface area contributed by atoms with Crippen molar-refractivity contribution in [2.75, 3.05) is 18.5 Å². The van der Waals surface area contributed by atoms with Gasteiger partial charge in [-0.2, -0.15) is 0 Å². The average molecular weight is 178 g/mol. The van der Waals surface area contributed by atoms with Crippen molar-refractivity contribution in [3.8, 4) is 5.75 Å². The quantitative estimate of drug-likeness (QED) is 0.714. The zero-order valence-corrected chi connectivity index (χ0v) is 8.00. The number of hydrogen-bond acceptors (Lipinski definition) is 3. The first kappa shape index (κ1) is 8.35. The molecule has 0 aromatic carbocycles. The first-order valence-corrected chi connectivity index (χ1v) is 4.64. The Kier molecular flexibility index (Phi) is 2.08. The van der Waals surface area contributed by atoms with Crippen molar-refractivity contribution in [1.82, 2.24) is 4.98 Å². The highest BCUT2D eigenvalue weighted by molar-refractivity contribution is 5.56.